The van der Waals surface area contributed by atoms with Gasteiger partial charge in [0.2, 0.25) is 0 Å². The molecule has 5 nitrogen and oxygen atoms in total. The maximum atomic E-state index is 11.1. The third-order valence-electron chi connectivity index (χ3n) is 3.07. The Kier molecular flexibility index (Phi) is 5.91. The zero-order valence-corrected chi connectivity index (χ0v) is 9.76. The molecule has 98 valence electrons. The number of rotatable bonds is 5. The molecular weight excluding hydrogens is 347 g/mol. The Morgan fingerprint density at radius 1 is 1.41 bits per heavy atom. The van der Waals surface area contributed by atoms with Crippen molar-refractivity contribution in [2.45, 2.75) is 43.0 Å². The summed E-state index contributed by atoms with van der Waals surface area (Å²) in [5.41, 5.74) is 0. The van der Waals surface area contributed by atoms with Gasteiger partial charge in [0.1, 0.15) is 0 Å². The summed E-state index contributed by atoms with van der Waals surface area (Å²) >= 11 is 1.87. The molecule has 2 aliphatic rings. The number of carbonyl (C=O) groups excluding carboxylic acids is 1. The van der Waals surface area contributed by atoms with Gasteiger partial charge in [-0.2, -0.15) is 11.8 Å². The Labute approximate surface area is 121 Å². The van der Waals surface area contributed by atoms with Gasteiger partial charge in [0.25, 0.3) is 0 Å². The first-order valence-corrected chi connectivity index (χ1v) is 6.62. The summed E-state index contributed by atoms with van der Waals surface area (Å²) in [6, 6.07) is 0.440. The monoisotopic (exact) mass is 368 g/mol. The molecule has 0 radical (unpaired) electrons. The molecular formula is C10H20N2O3SSn. The number of carbonyl (C=O) groups is 2. The van der Waals surface area contributed by atoms with Crippen LogP contribution in [-0.4, -0.2) is 64.1 Å². The van der Waals surface area contributed by atoms with E-state index in [1.165, 1.54) is 0 Å². The third kappa shape index (κ3) is 3.94. The number of amides is 2. The van der Waals surface area contributed by atoms with Gasteiger partial charge in [0.05, 0.1) is 12.1 Å². The van der Waals surface area contributed by atoms with E-state index in [2.05, 4.69) is 10.6 Å². The van der Waals surface area contributed by atoms with Crippen molar-refractivity contribution in [1.29, 1.82) is 0 Å². The number of hydrogen-bond acceptors (Lipinski definition) is 3. The van der Waals surface area contributed by atoms with Crippen molar-refractivity contribution in [3.63, 3.8) is 0 Å². The van der Waals surface area contributed by atoms with Gasteiger partial charge in [-0.05, 0) is 12.8 Å². The molecule has 0 saturated carbocycles. The molecule has 0 aliphatic carbocycles. The third-order valence-corrected chi connectivity index (χ3v) is 4.58. The van der Waals surface area contributed by atoms with E-state index in [4.69, 9.17) is 5.11 Å². The van der Waals surface area contributed by atoms with E-state index in [0.29, 0.717) is 5.25 Å². The number of carboxylic acids is 1. The molecule has 3 N–H and O–H groups in total. The summed E-state index contributed by atoms with van der Waals surface area (Å²) in [6.07, 6.45) is 2.88. The van der Waals surface area contributed by atoms with Crippen molar-refractivity contribution in [1.82, 2.24) is 10.6 Å². The van der Waals surface area contributed by atoms with Crippen molar-refractivity contribution in [2.75, 3.05) is 5.75 Å². The van der Waals surface area contributed by atoms with Crippen LogP contribution in [0.15, 0.2) is 0 Å². The molecule has 17 heavy (non-hydrogen) atoms. The van der Waals surface area contributed by atoms with Crippen LogP contribution in [0.5, 0.6) is 0 Å². The summed E-state index contributed by atoms with van der Waals surface area (Å²) < 4.78 is 0. The van der Waals surface area contributed by atoms with E-state index in [9.17, 15) is 9.59 Å². The van der Waals surface area contributed by atoms with Crippen LogP contribution in [-0.2, 0) is 4.79 Å². The zero-order valence-electron chi connectivity index (χ0n) is 8.94. The molecule has 3 atom stereocenters. The van der Waals surface area contributed by atoms with Gasteiger partial charge < -0.3 is 15.7 Å². The summed E-state index contributed by atoms with van der Waals surface area (Å²) in [7, 11) is 0. The summed E-state index contributed by atoms with van der Waals surface area (Å²) in [6.45, 7) is 0. The molecule has 2 heterocycles. The fraction of sp³-hybridized carbons (Fsp3) is 0.800. The molecule has 2 amide bonds. The van der Waals surface area contributed by atoms with Crippen molar-refractivity contribution in [3.8, 4) is 0 Å². The normalized spacial score (nSPS) is 30.1. The van der Waals surface area contributed by atoms with Crippen LogP contribution in [0.3, 0.4) is 0 Å². The Hall–Kier alpha value is -0.111. The fourth-order valence-corrected chi connectivity index (χ4v) is 3.81. The maximum absolute atomic E-state index is 11.1. The van der Waals surface area contributed by atoms with Gasteiger partial charge >= 0.3 is 35.9 Å². The number of aliphatic carboxylic acids is 1. The van der Waals surface area contributed by atoms with Crippen molar-refractivity contribution in [2.24, 2.45) is 0 Å². The zero-order chi connectivity index (χ0) is 11.5. The number of fused-ring (bicyclic) bond motifs is 1. The van der Waals surface area contributed by atoms with Crippen molar-refractivity contribution >= 4 is 47.7 Å². The van der Waals surface area contributed by atoms with Crippen LogP contribution in [0.25, 0.3) is 0 Å². The van der Waals surface area contributed by atoms with Crippen LogP contribution >= 0.6 is 11.8 Å². The molecule has 0 aromatic heterocycles. The fourth-order valence-electron chi connectivity index (χ4n) is 2.26. The van der Waals surface area contributed by atoms with E-state index in [1.54, 1.807) is 0 Å². The van der Waals surface area contributed by atoms with Crippen LogP contribution < -0.4 is 10.6 Å². The molecule has 2 fully saturated rings. The number of hydrogen-bond donors (Lipinski definition) is 3. The number of nitrogens with one attached hydrogen (secondary N) is 2. The number of thioether (sulfide) groups is 1. The van der Waals surface area contributed by atoms with Gasteiger partial charge in [-0.25, -0.2) is 4.79 Å². The second kappa shape index (κ2) is 6.72. The molecule has 2 aliphatic heterocycles. The first-order valence-electron chi connectivity index (χ1n) is 5.57. The molecule has 0 unspecified atom stereocenters. The first-order chi connectivity index (χ1) is 7.66. The quantitative estimate of drug-likeness (QED) is 0.343. The van der Waals surface area contributed by atoms with Gasteiger partial charge in [0, 0.05) is 17.4 Å². The van der Waals surface area contributed by atoms with E-state index >= 15 is 0 Å². The van der Waals surface area contributed by atoms with Crippen LogP contribution in [0.2, 0.25) is 0 Å². The number of carboxylic acid groups (broad SMARTS) is 1. The molecule has 7 heteroatoms. The predicted molar refractivity (Wildman–Crippen MR) is 72.9 cm³/mol. The topological polar surface area (TPSA) is 78.4 Å². The number of unbranched alkanes of at least 4 members (excludes halogenated alkanes) is 1. The Balaban J connectivity index is 0.00000144. The molecule has 0 spiro atoms. The van der Waals surface area contributed by atoms with E-state index in [1.807, 2.05) is 11.8 Å². The molecule has 0 aromatic carbocycles. The van der Waals surface area contributed by atoms with Gasteiger partial charge in [-0.1, -0.05) is 6.42 Å². The average Bonchev–Trinajstić information content (AvgIpc) is 2.72. The van der Waals surface area contributed by atoms with Gasteiger partial charge in [-0.3, -0.25) is 4.79 Å². The average molecular weight is 367 g/mol. The second-order valence-corrected chi connectivity index (χ2v) is 5.53. The van der Waals surface area contributed by atoms with Crippen LogP contribution in [0, 0.1) is 0 Å². The summed E-state index contributed by atoms with van der Waals surface area (Å²) in [4.78, 5) is 21.5. The van der Waals surface area contributed by atoms with Crippen molar-refractivity contribution < 1.29 is 14.7 Å². The molecule has 0 aromatic rings. The molecule has 2 saturated heterocycles. The second-order valence-electron chi connectivity index (χ2n) is 4.26. The molecule has 2 rings (SSSR count). The standard InChI is InChI=1S/C10H16N2O3S.Sn.4H/c13-8(14)4-2-1-3-7-9-6(5-16-7)11-10(15)12-9;;;;;/h6-7,9H,1-5H2,(H,13,14)(H2,11,12,15);;;;;/t6-,7-,9-;;;;;/m0...../s1. The Morgan fingerprint density at radius 2 is 2.18 bits per heavy atom. The summed E-state index contributed by atoms with van der Waals surface area (Å²) in [5, 5.41) is 14.8. The van der Waals surface area contributed by atoms with E-state index in [-0.39, 0.29) is 48.4 Å². The first kappa shape index (κ1) is 14.9. The van der Waals surface area contributed by atoms with Crippen molar-refractivity contribution in [3.05, 3.63) is 0 Å². The van der Waals surface area contributed by atoms with Crippen LogP contribution in [0.4, 0.5) is 4.79 Å². The Bertz CT molecular complexity index is 303. The van der Waals surface area contributed by atoms with E-state index in [0.717, 1.165) is 25.0 Å². The summed E-state index contributed by atoms with van der Waals surface area (Å²) in [5.74, 6) is 0.236. The Morgan fingerprint density at radius 3 is 2.88 bits per heavy atom. The SMILES string of the molecule is O=C(O)CCCC[C@@H]1SC[C@@H]2NC(=O)N[C@@H]21.[SnH4]. The van der Waals surface area contributed by atoms with Gasteiger partial charge in [0.15, 0.2) is 0 Å². The molecule has 0 bridgehead atoms. The number of urea groups is 1. The van der Waals surface area contributed by atoms with E-state index < -0.39 is 5.97 Å². The van der Waals surface area contributed by atoms with Crippen LogP contribution in [0.1, 0.15) is 25.7 Å². The van der Waals surface area contributed by atoms with Gasteiger partial charge in [-0.15, -0.1) is 0 Å². The predicted octanol–water partition coefficient (Wildman–Crippen LogP) is -0.655. The minimum absolute atomic E-state index is 0. The minimum atomic E-state index is -0.729.